The lowest BCUT2D eigenvalue weighted by Crippen LogP contribution is -2.40. The second-order valence-corrected chi connectivity index (χ2v) is 8.46. The van der Waals surface area contributed by atoms with Crippen LogP contribution in [0.1, 0.15) is 36.1 Å². The molecule has 0 aliphatic heterocycles. The number of hydrogen-bond donors (Lipinski definition) is 2. The van der Waals surface area contributed by atoms with Crippen LogP contribution in [0.4, 0.5) is 5.69 Å². The number of benzene rings is 1. The van der Waals surface area contributed by atoms with E-state index in [1.165, 1.54) is 12.1 Å². The normalized spacial score (nSPS) is 12.2. The molecule has 0 aliphatic carbocycles. The van der Waals surface area contributed by atoms with E-state index in [1.54, 1.807) is 39.8 Å². The van der Waals surface area contributed by atoms with E-state index in [0.29, 0.717) is 16.3 Å². The van der Waals surface area contributed by atoms with Gasteiger partial charge < -0.3 is 5.32 Å². The maximum atomic E-state index is 12.3. The first-order chi connectivity index (χ1) is 10.6. The standard InChI is InChI=1S/C14H18N4O3S2/c1-9-12(22-18-16-9)13(19)15-10-6-5-7-11(8-10)23(20,21)17-14(2,3)4/h5-8,17H,1-4H3,(H,15,19). The Hall–Kier alpha value is -1.84. The van der Waals surface area contributed by atoms with Gasteiger partial charge in [0, 0.05) is 11.2 Å². The van der Waals surface area contributed by atoms with Crippen LogP contribution in [-0.2, 0) is 10.0 Å². The summed E-state index contributed by atoms with van der Waals surface area (Å²) >= 11 is 0.991. The highest BCUT2D eigenvalue weighted by Gasteiger charge is 2.22. The van der Waals surface area contributed by atoms with Gasteiger partial charge >= 0.3 is 0 Å². The number of aromatic nitrogens is 2. The lowest BCUT2D eigenvalue weighted by atomic mass is 10.1. The summed E-state index contributed by atoms with van der Waals surface area (Å²) < 4.78 is 30.9. The number of sulfonamides is 1. The maximum absolute atomic E-state index is 12.3. The maximum Gasteiger partial charge on any atom is 0.269 e. The van der Waals surface area contributed by atoms with Gasteiger partial charge in [0.15, 0.2) is 0 Å². The number of rotatable bonds is 4. The van der Waals surface area contributed by atoms with Gasteiger partial charge in [0.25, 0.3) is 5.91 Å². The van der Waals surface area contributed by atoms with Crippen LogP contribution in [0, 0.1) is 6.92 Å². The number of nitrogens with one attached hydrogen (secondary N) is 2. The smallest absolute Gasteiger partial charge is 0.269 e. The van der Waals surface area contributed by atoms with Crippen LogP contribution in [0.5, 0.6) is 0 Å². The molecule has 0 unspecified atom stereocenters. The predicted octanol–water partition coefficient (Wildman–Crippen LogP) is 2.18. The molecule has 1 aromatic carbocycles. The topological polar surface area (TPSA) is 101 Å². The number of nitrogens with zero attached hydrogens (tertiary/aromatic N) is 2. The molecule has 7 nitrogen and oxygen atoms in total. The van der Waals surface area contributed by atoms with E-state index >= 15 is 0 Å². The minimum atomic E-state index is -3.66. The van der Waals surface area contributed by atoms with Crippen molar-refractivity contribution in [1.29, 1.82) is 0 Å². The molecule has 2 aromatic rings. The molecule has 9 heteroatoms. The summed E-state index contributed by atoms with van der Waals surface area (Å²) in [7, 11) is -3.66. The van der Waals surface area contributed by atoms with E-state index in [4.69, 9.17) is 0 Å². The minimum absolute atomic E-state index is 0.0874. The van der Waals surface area contributed by atoms with Crippen molar-refractivity contribution in [2.75, 3.05) is 5.32 Å². The van der Waals surface area contributed by atoms with Crippen molar-refractivity contribution < 1.29 is 13.2 Å². The van der Waals surface area contributed by atoms with Gasteiger partial charge in [-0.1, -0.05) is 10.6 Å². The van der Waals surface area contributed by atoms with Crippen molar-refractivity contribution in [3.63, 3.8) is 0 Å². The second-order valence-electron chi connectivity index (χ2n) is 6.02. The van der Waals surface area contributed by atoms with Crippen LogP contribution in [0.25, 0.3) is 0 Å². The van der Waals surface area contributed by atoms with E-state index < -0.39 is 15.6 Å². The van der Waals surface area contributed by atoms with Gasteiger partial charge in [0.05, 0.1) is 10.6 Å². The lowest BCUT2D eigenvalue weighted by molar-refractivity contribution is 0.102. The lowest BCUT2D eigenvalue weighted by Gasteiger charge is -2.20. The fourth-order valence-corrected chi connectivity index (χ4v) is 3.85. The molecule has 124 valence electrons. The largest absolute Gasteiger partial charge is 0.321 e. The van der Waals surface area contributed by atoms with Crippen LogP contribution in [0.2, 0.25) is 0 Å². The molecule has 0 aliphatic rings. The zero-order chi connectivity index (χ0) is 17.3. The average molecular weight is 354 g/mol. The highest BCUT2D eigenvalue weighted by molar-refractivity contribution is 7.89. The summed E-state index contributed by atoms with van der Waals surface area (Å²) in [6.07, 6.45) is 0. The van der Waals surface area contributed by atoms with E-state index in [-0.39, 0.29) is 10.8 Å². The molecule has 0 bridgehead atoms. The van der Waals surface area contributed by atoms with Gasteiger partial charge in [-0.3, -0.25) is 4.79 Å². The molecule has 0 radical (unpaired) electrons. The third kappa shape index (κ3) is 4.57. The molecule has 0 saturated carbocycles. The van der Waals surface area contributed by atoms with Gasteiger partial charge in [0.1, 0.15) is 4.88 Å². The molecule has 2 N–H and O–H groups in total. The van der Waals surface area contributed by atoms with Crippen molar-refractivity contribution in [3.8, 4) is 0 Å². The average Bonchev–Trinajstić information content (AvgIpc) is 2.82. The number of aryl methyl sites for hydroxylation is 1. The summed E-state index contributed by atoms with van der Waals surface area (Å²) in [6, 6.07) is 6.08. The molecule has 1 amide bonds. The van der Waals surface area contributed by atoms with Crippen molar-refractivity contribution in [2.24, 2.45) is 0 Å². The number of anilines is 1. The van der Waals surface area contributed by atoms with E-state index in [9.17, 15) is 13.2 Å². The molecule has 1 aromatic heterocycles. The third-order valence-electron chi connectivity index (χ3n) is 2.70. The Bertz CT molecular complexity index is 823. The first kappa shape index (κ1) is 17.5. The summed E-state index contributed by atoms with van der Waals surface area (Å²) in [5.41, 5.74) is 0.328. The van der Waals surface area contributed by atoms with E-state index in [0.717, 1.165) is 11.5 Å². The zero-order valence-corrected chi connectivity index (χ0v) is 14.9. The number of carbonyl (C=O) groups is 1. The molecule has 23 heavy (non-hydrogen) atoms. The van der Waals surface area contributed by atoms with Crippen molar-refractivity contribution in [3.05, 3.63) is 34.8 Å². The Labute approximate surface area is 139 Å². The molecule has 0 atom stereocenters. The third-order valence-corrected chi connectivity index (χ3v) is 5.28. The Morgan fingerprint density at radius 3 is 2.52 bits per heavy atom. The highest BCUT2D eigenvalue weighted by Crippen LogP contribution is 2.19. The Morgan fingerprint density at radius 1 is 1.26 bits per heavy atom. The van der Waals surface area contributed by atoms with E-state index in [1.807, 2.05) is 0 Å². The molecule has 0 saturated heterocycles. The first-order valence-corrected chi connectivity index (χ1v) is 9.08. The number of carbonyl (C=O) groups excluding carboxylic acids is 1. The van der Waals surface area contributed by atoms with Gasteiger partial charge in [-0.15, -0.1) is 5.10 Å². The second kappa shape index (κ2) is 6.34. The molecule has 1 heterocycles. The SMILES string of the molecule is Cc1nnsc1C(=O)Nc1cccc(S(=O)(=O)NC(C)(C)C)c1. The quantitative estimate of drug-likeness (QED) is 0.876. The minimum Gasteiger partial charge on any atom is -0.321 e. The van der Waals surface area contributed by atoms with Crippen LogP contribution < -0.4 is 10.0 Å². The van der Waals surface area contributed by atoms with Gasteiger partial charge in [-0.05, 0) is 57.4 Å². The predicted molar refractivity (Wildman–Crippen MR) is 89.1 cm³/mol. The highest BCUT2D eigenvalue weighted by atomic mass is 32.2. The fourth-order valence-electron chi connectivity index (χ4n) is 1.83. The van der Waals surface area contributed by atoms with Crippen molar-refractivity contribution in [2.45, 2.75) is 38.1 Å². The van der Waals surface area contributed by atoms with Crippen LogP contribution in [0.15, 0.2) is 29.2 Å². The van der Waals surface area contributed by atoms with Crippen LogP contribution in [0.3, 0.4) is 0 Å². The van der Waals surface area contributed by atoms with Gasteiger partial charge in [0.2, 0.25) is 10.0 Å². The van der Waals surface area contributed by atoms with Crippen LogP contribution >= 0.6 is 11.5 Å². The Kier molecular flexibility index (Phi) is 4.83. The molecule has 0 fully saturated rings. The monoisotopic (exact) mass is 354 g/mol. The summed E-state index contributed by atoms with van der Waals surface area (Å²) in [5.74, 6) is -0.365. The zero-order valence-electron chi connectivity index (χ0n) is 13.2. The molecule has 0 spiro atoms. The summed E-state index contributed by atoms with van der Waals surface area (Å²) in [6.45, 7) is 6.97. The molecular formula is C14H18N4O3S2. The molecular weight excluding hydrogens is 336 g/mol. The summed E-state index contributed by atoms with van der Waals surface area (Å²) in [4.78, 5) is 12.6. The Balaban J connectivity index is 2.24. The fraction of sp³-hybridized carbons (Fsp3) is 0.357. The number of amides is 1. The summed E-state index contributed by atoms with van der Waals surface area (Å²) in [5, 5.41) is 6.44. The van der Waals surface area contributed by atoms with E-state index in [2.05, 4.69) is 19.6 Å². The Morgan fingerprint density at radius 2 is 1.96 bits per heavy atom. The first-order valence-electron chi connectivity index (χ1n) is 6.83. The van der Waals surface area contributed by atoms with Gasteiger partial charge in [-0.25, -0.2) is 13.1 Å². The van der Waals surface area contributed by atoms with Crippen LogP contribution in [-0.4, -0.2) is 29.5 Å². The van der Waals surface area contributed by atoms with Crippen molar-refractivity contribution >= 4 is 33.2 Å². The van der Waals surface area contributed by atoms with Gasteiger partial charge in [-0.2, -0.15) is 0 Å². The van der Waals surface area contributed by atoms with Crippen molar-refractivity contribution in [1.82, 2.24) is 14.3 Å². The number of hydrogen-bond acceptors (Lipinski definition) is 6. The molecule has 2 rings (SSSR count).